The van der Waals surface area contributed by atoms with Crippen LogP contribution in [0.3, 0.4) is 0 Å². The molecule has 0 saturated carbocycles. The molecule has 1 N–H and O–H groups in total. The van der Waals surface area contributed by atoms with Crippen LogP contribution < -0.4 is 11.2 Å². The van der Waals surface area contributed by atoms with Gasteiger partial charge in [0.25, 0.3) is 11.5 Å². The maximum atomic E-state index is 12.9. The predicted octanol–water partition coefficient (Wildman–Crippen LogP) is 1.04. The van der Waals surface area contributed by atoms with Crippen LogP contribution in [-0.4, -0.2) is 57.3 Å². The summed E-state index contributed by atoms with van der Waals surface area (Å²) >= 11 is 0. The normalized spacial score (nSPS) is 14.2. The number of H-pyrrole nitrogens is 1. The molecule has 0 spiro atoms. The highest BCUT2D eigenvalue weighted by Gasteiger charge is 2.23. The highest BCUT2D eigenvalue weighted by molar-refractivity contribution is 5.94. The van der Waals surface area contributed by atoms with Crippen molar-refractivity contribution in [3.05, 3.63) is 80.5 Å². The van der Waals surface area contributed by atoms with Gasteiger partial charge in [-0.2, -0.15) is 0 Å². The third-order valence-electron chi connectivity index (χ3n) is 5.43. The van der Waals surface area contributed by atoms with Crippen LogP contribution in [0.15, 0.2) is 58.1 Å². The molecule has 1 aliphatic heterocycles. The van der Waals surface area contributed by atoms with E-state index >= 15 is 0 Å². The third-order valence-corrected chi connectivity index (χ3v) is 5.43. The van der Waals surface area contributed by atoms with Crippen molar-refractivity contribution in [1.82, 2.24) is 19.4 Å². The Morgan fingerprint density at radius 3 is 2.37 bits per heavy atom. The number of amides is 2. The van der Waals surface area contributed by atoms with Crippen molar-refractivity contribution in [2.75, 3.05) is 26.2 Å². The van der Waals surface area contributed by atoms with Gasteiger partial charge in [0.05, 0.1) is 17.4 Å². The Kier molecular flexibility index (Phi) is 5.22. The summed E-state index contributed by atoms with van der Waals surface area (Å²) < 4.78 is 1.49. The number of hydrogen-bond acceptors (Lipinski definition) is 4. The van der Waals surface area contributed by atoms with Gasteiger partial charge in [0.2, 0.25) is 5.91 Å². The topological polar surface area (TPSA) is 95.5 Å². The van der Waals surface area contributed by atoms with Gasteiger partial charge in [-0.05, 0) is 29.8 Å². The molecule has 2 heterocycles. The number of nitrogens with zero attached hydrogens (tertiary/aromatic N) is 3. The molecule has 0 unspecified atom stereocenters. The second-order valence-corrected chi connectivity index (χ2v) is 7.36. The Morgan fingerprint density at radius 2 is 1.63 bits per heavy atom. The van der Waals surface area contributed by atoms with Crippen LogP contribution in [0, 0.1) is 0 Å². The molecule has 2 aromatic carbocycles. The summed E-state index contributed by atoms with van der Waals surface area (Å²) in [6.45, 7) is 3.80. The molecule has 8 nitrogen and oxygen atoms in total. The molecule has 3 aromatic rings. The van der Waals surface area contributed by atoms with Gasteiger partial charge in [0.15, 0.2) is 0 Å². The van der Waals surface area contributed by atoms with E-state index in [1.54, 1.807) is 52.3 Å². The molecule has 0 bridgehead atoms. The maximum absolute atomic E-state index is 12.9. The van der Waals surface area contributed by atoms with Crippen molar-refractivity contribution in [1.29, 1.82) is 0 Å². The second-order valence-electron chi connectivity index (χ2n) is 7.36. The SMILES string of the molecule is CC(=O)N1CCN(C(=O)c2cccc(Cn3c(=O)[nH]c(=O)c4ccccc43)c2)CC1. The minimum Gasteiger partial charge on any atom is -0.339 e. The lowest BCUT2D eigenvalue weighted by Crippen LogP contribution is -2.50. The van der Waals surface area contributed by atoms with E-state index in [4.69, 9.17) is 0 Å². The number of fused-ring (bicyclic) bond motifs is 1. The van der Waals surface area contributed by atoms with E-state index in [1.807, 2.05) is 6.07 Å². The minimum atomic E-state index is -0.490. The third kappa shape index (κ3) is 3.76. The lowest BCUT2D eigenvalue weighted by molar-refractivity contribution is -0.130. The summed E-state index contributed by atoms with van der Waals surface area (Å²) in [6.07, 6.45) is 0. The zero-order chi connectivity index (χ0) is 21.3. The van der Waals surface area contributed by atoms with Gasteiger partial charge in [-0.1, -0.05) is 24.3 Å². The summed E-state index contributed by atoms with van der Waals surface area (Å²) in [6, 6.07) is 14.1. The van der Waals surface area contributed by atoms with Crippen molar-refractivity contribution in [2.45, 2.75) is 13.5 Å². The van der Waals surface area contributed by atoms with Crippen LogP contribution in [0.1, 0.15) is 22.8 Å². The molecule has 1 aromatic heterocycles. The first kappa shape index (κ1) is 19.6. The quantitative estimate of drug-likeness (QED) is 0.703. The van der Waals surface area contributed by atoms with E-state index in [9.17, 15) is 19.2 Å². The fourth-order valence-corrected chi connectivity index (χ4v) is 3.79. The Hall–Kier alpha value is -3.68. The highest BCUT2D eigenvalue weighted by atomic mass is 16.2. The van der Waals surface area contributed by atoms with E-state index in [0.29, 0.717) is 42.6 Å². The number of piperazine rings is 1. The van der Waals surface area contributed by atoms with Crippen molar-refractivity contribution >= 4 is 22.7 Å². The first-order chi connectivity index (χ1) is 14.4. The Morgan fingerprint density at radius 1 is 0.933 bits per heavy atom. The number of para-hydroxylation sites is 1. The molecule has 0 radical (unpaired) electrons. The van der Waals surface area contributed by atoms with Crippen LogP contribution >= 0.6 is 0 Å². The van der Waals surface area contributed by atoms with Gasteiger partial charge in [0, 0.05) is 38.7 Å². The molecule has 1 fully saturated rings. The zero-order valence-corrected chi connectivity index (χ0v) is 16.6. The van der Waals surface area contributed by atoms with Crippen LogP contribution in [0.4, 0.5) is 0 Å². The number of aromatic amines is 1. The molecule has 0 aliphatic carbocycles. The fourth-order valence-electron chi connectivity index (χ4n) is 3.79. The minimum absolute atomic E-state index is 0.0164. The Labute approximate surface area is 172 Å². The number of hydrogen-bond donors (Lipinski definition) is 1. The number of carbonyl (C=O) groups excluding carboxylic acids is 2. The van der Waals surface area contributed by atoms with E-state index in [2.05, 4.69) is 4.98 Å². The van der Waals surface area contributed by atoms with Gasteiger partial charge in [-0.15, -0.1) is 0 Å². The molecular weight excluding hydrogens is 384 g/mol. The summed E-state index contributed by atoms with van der Waals surface area (Å²) in [4.78, 5) is 54.7. The summed E-state index contributed by atoms with van der Waals surface area (Å²) in [5, 5.41) is 0.438. The Bertz CT molecular complexity index is 1240. The van der Waals surface area contributed by atoms with Gasteiger partial charge in [-0.25, -0.2) is 4.79 Å². The largest absolute Gasteiger partial charge is 0.339 e. The number of benzene rings is 2. The van der Waals surface area contributed by atoms with Gasteiger partial charge >= 0.3 is 5.69 Å². The monoisotopic (exact) mass is 406 g/mol. The van der Waals surface area contributed by atoms with Gasteiger partial charge in [-0.3, -0.25) is 23.9 Å². The number of aromatic nitrogens is 2. The van der Waals surface area contributed by atoms with E-state index in [-0.39, 0.29) is 18.4 Å². The summed E-state index contributed by atoms with van der Waals surface area (Å²) in [5.41, 5.74) is 0.952. The van der Waals surface area contributed by atoms with Crippen LogP contribution in [0.5, 0.6) is 0 Å². The molecule has 30 heavy (non-hydrogen) atoms. The molecule has 8 heteroatoms. The average molecular weight is 406 g/mol. The van der Waals surface area contributed by atoms with Gasteiger partial charge in [0.1, 0.15) is 0 Å². The summed E-state index contributed by atoms with van der Waals surface area (Å²) in [7, 11) is 0. The smallest absolute Gasteiger partial charge is 0.329 e. The van der Waals surface area contributed by atoms with E-state index in [0.717, 1.165) is 5.56 Å². The first-order valence-corrected chi connectivity index (χ1v) is 9.79. The van der Waals surface area contributed by atoms with Crippen molar-refractivity contribution in [2.24, 2.45) is 0 Å². The molecule has 1 aliphatic rings. The fraction of sp³-hybridized carbons (Fsp3) is 0.273. The first-order valence-electron chi connectivity index (χ1n) is 9.79. The average Bonchev–Trinajstić information content (AvgIpc) is 2.76. The number of carbonyl (C=O) groups is 2. The highest BCUT2D eigenvalue weighted by Crippen LogP contribution is 2.14. The Balaban J connectivity index is 1.59. The molecule has 2 amide bonds. The van der Waals surface area contributed by atoms with Crippen LogP contribution in [0.2, 0.25) is 0 Å². The predicted molar refractivity (Wildman–Crippen MR) is 113 cm³/mol. The van der Waals surface area contributed by atoms with Gasteiger partial charge < -0.3 is 9.80 Å². The lowest BCUT2D eigenvalue weighted by Gasteiger charge is -2.34. The van der Waals surface area contributed by atoms with Crippen molar-refractivity contribution in [3.63, 3.8) is 0 Å². The maximum Gasteiger partial charge on any atom is 0.329 e. The summed E-state index contributed by atoms with van der Waals surface area (Å²) in [5.74, 6) is -0.0820. The van der Waals surface area contributed by atoms with E-state index in [1.165, 1.54) is 11.5 Å². The van der Waals surface area contributed by atoms with Crippen LogP contribution in [0.25, 0.3) is 10.9 Å². The zero-order valence-electron chi connectivity index (χ0n) is 16.6. The molecule has 1 saturated heterocycles. The standard InChI is InChI=1S/C22H22N4O4/c1-15(27)24-9-11-25(12-10-24)21(29)17-6-4-5-16(13-17)14-26-19-8-3-2-7-18(19)20(28)23-22(26)30/h2-8,13H,9-12,14H2,1H3,(H,23,28,30). The molecular formula is C22H22N4O4. The van der Waals surface area contributed by atoms with E-state index < -0.39 is 11.2 Å². The molecule has 0 atom stereocenters. The number of nitrogens with one attached hydrogen (secondary N) is 1. The lowest BCUT2D eigenvalue weighted by atomic mass is 10.1. The van der Waals surface area contributed by atoms with Crippen molar-refractivity contribution in [3.8, 4) is 0 Å². The van der Waals surface area contributed by atoms with Crippen molar-refractivity contribution < 1.29 is 9.59 Å². The number of rotatable bonds is 3. The molecule has 154 valence electrons. The van der Waals surface area contributed by atoms with Crippen LogP contribution in [-0.2, 0) is 11.3 Å². The second kappa shape index (κ2) is 7.98. The molecule has 4 rings (SSSR count).